The molecule has 2 nitrogen and oxygen atoms in total. The normalized spacial score (nSPS) is 16.2. The molecule has 70 valence electrons. The summed E-state index contributed by atoms with van der Waals surface area (Å²) in [7, 11) is 0. The number of rotatable bonds is 2. The quantitative estimate of drug-likeness (QED) is 0.618. The van der Waals surface area contributed by atoms with E-state index in [0.29, 0.717) is 11.8 Å². The molecule has 1 aliphatic rings. The number of nitrogens with zero attached hydrogens (tertiary/aromatic N) is 2. The highest BCUT2D eigenvalue weighted by Gasteiger charge is 2.07. The molecule has 0 amide bonds. The fourth-order valence-corrected chi connectivity index (χ4v) is 1.04. The highest BCUT2D eigenvalue weighted by atomic mass is 14.8. The molecular weight excluding hydrogens is 160 g/mol. The first-order valence-corrected chi connectivity index (χ1v) is 4.68. The first-order chi connectivity index (χ1) is 6.11. The van der Waals surface area contributed by atoms with E-state index in [9.17, 15) is 0 Å². The minimum absolute atomic E-state index is 0.433. The van der Waals surface area contributed by atoms with Gasteiger partial charge in [-0.2, -0.15) is 0 Å². The predicted molar refractivity (Wildman–Crippen MR) is 57.2 cm³/mol. The smallest absolute Gasteiger partial charge is 0.0885 e. The highest BCUT2D eigenvalue weighted by molar-refractivity contribution is 5.98. The Kier molecular flexibility index (Phi) is 3.21. The maximum Gasteiger partial charge on any atom is 0.0885 e. The Bertz CT molecular complexity index is 300. The molecule has 13 heavy (non-hydrogen) atoms. The maximum atomic E-state index is 4.27. The summed E-state index contributed by atoms with van der Waals surface area (Å²) in [6, 6.07) is 0. The van der Waals surface area contributed by atoms with Gasteiger partial charge in [-0.1, -0.05) is 27.7 Å². The third-order valence-corrected chi connectivity index (χ3v) is 1.94. The van der Waals surface area contributed by atoms with E-state index >= 15 is 0 Å². The third-order valence-electron chi connectivity index (χ3n) is 1.94. The van der Waals surface area contributed by atoms with Crippen molar-refractivity contribution in [1.82, 2.24) is 0 Å². The summed E-state index contributed by atoms with van der Waals surface area (Å²) < 4.78 is 0. The largest absolute Gasteiger partial charge is 0.251 e. The van der Waals surface area contributed by atoms with Crippen LogP contribution in [0.2, 0.25) is 0 Å². The summed E-state index contributed by atoms with van der Waals surface area (Å²) in [6.45, 7) is 8.51. The Morgan fingerprint density at radius 3 is 2.38 bits per heavy atom. The fourth-order valence-electron chi connectivity index (χ4n) is 1.04. The Morgan fingerprint density at radius 2 is 1.85 bits per heavy atom. The van der Waals surface area contributed by atoms with Crippen LogP contribution in [0.25, 0.3) is 0 Å². The van der Waals surface area contributed by atoms with Crippen LogP contribution in [0.1, 0.15) is 27.7 Å². The number of hydrogen-bond donors (Lipinski definition) is 0. The Labute approximate surface area is 79.8 Å². The van der Waals surface area contributed by atoms with Gasteiger partial charge in [-0.25, -0.2) is 4.99 Å². The average Bonchev–Trinajstić information content (AvgIpc) is 2.28. The van der Waals surface area contributed by atoms with Crippen molar-refractivity contribution < 1.29 is 0 Å². The SMILES string of the molecule is CC(C)C1=CC(C(C)C)=NC=C=N1. The summed E-state index contributed by atoms with van der Waals surface area (Å²) in [5.74, 6) is 3.69. The molecule has 0 saturated carbocycles. The molecule has 1 heterocycles. The van der Waals surface area contributed by atoms with Crippen LogP contribution in [-0.2, 0) is 0 Å². The van der Waals surface area contributed by atoms with Crippen molar-refractivity contribution >= 4 is 11.6 Å². The van der Waals surface area contributed by atoms with E-state index in [2.05, 4.69) is 49.6 Å². The van der Waals surface area contributed by atoms with Crippen LogP contribution in [0.5, 0.6) is 0 Å². The lowest BCUT2D eigenvalue weighted by Crippen LogP contribution is -2.05. The van der Waals surface area contributed by atoms with E-state index in [1.54, 1.807) is 6.20 Å². The van der Waals surface area contributed by atoms with Gasteiger partial charge >= 0.3 is 0 Å². The van der Waals surface area contributed by atoms with Gasteiger partial charge in [0, 0.05) is 11.6 Å². The molecule has 0 fully saturated rings. The van der Waals surface area contributed by atoms with Gasteiger partial charge in [0.05, 0.1) is 11.9 Å². The molecule has 0 aliphatic carbocycles. The Hall–Kier alpha value is -1.14. The van der Waals surface area contributed by atoms with Gasteiger partial charge in [0.25, 0.3) is 0 Å². The molecule has 0 spiro atoms. The van der Waals surface area contributed by atoms with Crippen molar-refractivity contribution in [2.24, 2.45) is 21.8 Å². The zero-order chi connectivity index (χ0) is 9.84. The summed E-state index contributed by atoms with van der Waals surface area (Å²) >= 11 is 0. The molecule has 0 aromatic heterocycles. The van der Waals surface area contributed by atoms with Crippen LogP contribution >= 0.6 is 0 Å². The number of hydrogen-bond acceptors (Lipinski definition) is 2. The summed E-state index contributed by atoms with van der Waals surface area (Å²) in [5.41, 5.74) is 2.14. The highest BCUT2D eigenvalue weighted by Crippen LogP contribution is 2.14. The average molecular weight is 176 g/mol. The Balaban J connectivity index is 2.99. The van der Waals surface area contributed by atoms with Crippen molar-refractivity contribution in [3.05, 3.63) is 18.0 Å². The molecule has 0 unspecified atom stereocenters. The summed E-state index contributed by atoms with van der Waals surface area (Å²) in [6.07, 6.45) is 3.70. The summed E-state index contributed by atoms with van der Waals surface area (Å²) in [4.78, 5) is 8.46. The van der Waals surface area contributed by atoms with Gasteiger partial charge in [0.1, 0.15) is 0 Å². The van der Waals surface area contributed by atoms with Crippen LogP contribution in [0.4, 0.5) is 0 Å². The second kappa shape index (κ2) is 4.20. The molecule has 0 N–H and O–H groups in total. The number of aliphatic imine (C=N–C) groups is 2. The first-order valence-electron chi connectivity index (χ1n) is 4.68. The van der Waals surface area contributed by atoms with E-state index in [1.807, 2.05) is 0 Å². The van der Waals surface area contributed by atoms with Gasteiger partial charge in [-0.3, -0.25) is 4.99 Å². The lowest BCUT2D eigenvalue weighted by Gasteiger charge is -2.07. The lowest BCUT2D eigenvalue weighted by atomic mass is 10.0. The van der Waals surface area contributed by atoms with Gasteiger partial charge < -0.3 is 0 Å². The summed E-state index contributed by atoms with van der Waals surface area (Å²) in [5, 5.41) is 0. The molecule has 0 saturated heterocycles. The molecular formula is C11H16N2. The molecule has 1 rings (SSSR count). The zero-order valence-electron chi connectivity index (χ0n) is 8.70. The minimum atomic E-state index is 0.433. The molecule has 1 aliphatic heterocycles. The topological polar surface area (TPSA) is 24.7 Å². The standard InChI is InChI=1S/C11H16N2/c1-8(2)10-7-11(9(3)4)13-6-5-12-10/h5,7-9H,1-4H3. The van der Waals surface area contributed by atoms with Crippen molar-refractivity contribution in [3.8, 4) is 0 Å². The van der Waals surface area contributed by atoms with Gasteiger partial charge in [-0.15, -0.1) is 0 Å². The predicted octanol–water partition coefficient (Wildman–Crippen LogP) is 2.82. The van der Waals surface area contributed by atoms with Crippen LogP contribution < -0.4 is 0 Å². The van der Waals surface area contributed by atoms with Crippen LogP contribution in [0.3, 0.4) is 0 Å². The van der Waals surface area contributed by atoms with E-state index < -0.39 is 0 Å². The monoisotopic (exact) mass is 176 g/mol. The molecule has 0 atom stereocenters. The van der Waals surface area contributed by atoms with E-state index in [-0.39, 0.29) is 0 Å². The van der Waals surface area contributed by atoms with E-state index in [0.717, 1.165) is 11.4 Å². The van der Waals surface area contributed by atoms with Gasteiger partial charge in [0.2, 0.25) is 0 Å². The molecule has 0 aromatic carbocycles. The second-order valence-corrected chi connectivity index (χ2v) is 3.80. The minimum Gasteiger partial charge on any atom is -0.251 e. The van der Waals surface area contributed by atoms with Gasteiger partial charge in [0.15, 0.2) is 0 Å². The zero-order valence-corrected chi connectivity index (χ0v) is 8.70. The first kappa shape index (κ1) is 9.94. The second-order valence-electron chi connectivity index (χ2n) is 3.80. The van der Waals surface area contributed by atoms with Crippen molar-refractivity contribution in [1.29, 1.82) is 0 Å². The number of allylic oxidation sites excluding steroid dienone is 2. The van der Waals surface area contributed by atoms with Crippen LogP contribution in [0.15, 0.2) is 28.0 Å². The third kappa shape index (κ3) is 2.67. The lowest BCUT2D eigenvalue weighted by molar-refractivity contribution is 0.759. The van der Waals surface area contributed by atoms with Crippen molar-refractivity contribution in [2.45, 2.75) is 27.7 Å². The van der Waals surface area contributed by atoms with Crippen molar-refractivity contribution in [2.75, 3.05) is 0 Å². The molecule has 0 radical (unpaired) electrons. The maximum absolute atomic E-state index is 4.27. The van der Waals surface area contributed by atoms with E-state index in [4.69, 9.17) is 0 Å². The molecule has 0 bridgehead atoms. The van der Waals surface area contributed by atoms with Crippen LogP contribution in [-0.4, -0.2) is 11.6 Å². The van der Waals surface area contributed by atoms with Gasteiger partial charge in [-0.05, 0) is 17.9 Å². The fraction of sp³-hybridized carbons (Fsp3) is 0.545. The molecule has 2 heteroatoms. The van der Waals surface area contributed by atoms with Crippen LogP contribution in [0, 0.1) is 11.8 Å². The molecule has 0 aromatic rings. The Morgan fingerprint density at radius 1 is 1.15 bits per heavy atom. The van der Waals surface area contributed by atoms with E-state index in [1.165, 1.54) is 0 Å². The van der Waals surface area contributed by atoms with Crippen molar-refractivity contribution in [3.63, 3.8) is 0 Å².